The summed E-state index contributed by atoms with van der Waals surface area (Å²) in [6, 6.07) is -0.00333. The zero-order valence-corrected chi connectivity index (χ0v) is 14.7. The SMILES string of the molecule is CC(C)OB(c1cc(C(F)(F)F)cc(C(F)(F)F)c1)c1c(F)c(F)cc(F)c1F. The molecule has 0 fully saturated rings. The Labute approximate surface area is 158 Å². The molecule has 12 heteroatoms. The molecular formula is C17H11BF10O. The Bertz CT molecular complexity index is 846. The summed E-state index contributed by atoms with van der Waals surface area (Å²) in [5.74, 6) is -7.78. The van der Waals surface area contributed by atoms with Gasteiger partial charge in [-0.2, -0.15) is 26.3 Å². The average molecular weight is 432 g/mol. The minimum atomic E-state index is -5.25. The van der Waals surface area contributed by atoms with E-state index in [9.17, 15) is 43.9 Å². The average Bonchev–Trinajstić information content (AvgIpc) is 2.57. The molecule has 0 atom stereocenters. The van der Waals surface area contributed by atoms with Crippen molar-refractivity contribution < 1.29 is 48.6 Å². The molecule has 0 N–H and O–H groups in total. The van der Waals surface area contributed by atoms with Crippen molar-refractivity contribution in [1.82, 2.24) is 0 Å². The Balaban J connectivity index is 2.85. The quantitative estimate of drug-likeness (QED) is 0.383. The van der Waals surface area contributed by atoms with E-state index in [2.05, 4.69) is 0 Å². The van der Waals surface area contributed by atoms with Gasteiger partial charge in [0.05, 0.1) is 11.1 Å². The first kappa shape index (κ1) is 23.0. The smallest absolute Gasteiger partial charge is 0.416 e. The van der Waals surface area contributed by atoms with Crippen molar-refractivity contribution in [2.75, 3.05) is 0 Å². The molecule has 0 spiro atoms. The van der Waals surface area contributed by atoms with Gasteiger partial charge in [0, 0.05) is 17.6 Å². The molecular weight excluding hydrogens is 421 g/mol. The van der Waals surface area contributed by atoms with Crippen LogP contribution in [0.3, 0.4) is 0 Å². The summed E-state index contributed by atoms with van der Waals surface area (Å²) >= 11 is 0. The van der Waals surface area contributed by atoms with Crippen molar-refractivity contribution in [3.8, 4) is 0 Å². The molecule has 0 saturated carbocycles. The van der Waals surface area contributed by atoms with Crippen LogP contribution in [0.15, 0.2) is 24.3 Å². The fourth-order valence-corrected chi connectivity index (χ4v) is 2.54. The van der Waals surface area contributed by atoms with Gasteiger partial charge in [0.2, 0.25) is 0 Å². The highest BCUT2D eigenvalue weighted by Gasteiger charge is 2.40. The molecule has 2 aromatic rings. The third kappa shape index (κ3) is 5.03. The van der Waals surface area contributed by atoms with E-state index >= 15 is 0 Å². The van der Waals surface area contributed by atoms with Crippen LogP contribution in [0.5, 0.6) is 0 Å². The lowest BCUT2D eigenvalue weighted by atomic mass is 9.54. The van der Waals surface area contributed by atoms with Crippen LogP contribution < -0.4 is 10.9 Å². The lowest BCUT2D eigenvalue weighted by molar-refractivity contribution is -0.142. The molecule has 0 unspecified atom stereocenters. The van der Waals surface area contributed by atoms with Gasteiger partial charge in [-0.25, -0.2) is 17.6 Å². The van der Waals surface area contributed by atoms with Gasteiger partial charge in [-0.15, -0.1) is 0 Å². The van der Waals surface area contributed by atoms with E-state index in [1.54, 1.807) is 0 Å². The second kappa shape index (κ2) is 7.89. The standard InChI is InChI=1S/C17H11BF10O/c1-7(2)29-18(13-14(21)11(19)6-12(20)15(13)22)10-4-8(16(23,24)25)3-9(5-10)17(26,27)28/h3-7H,1-2H3. The summed E-state index contributed by atoms with van der Waals surface area (Å²) in [5.41, 5.74) is -6.03. The van der Waals surface area contributed by atoms with E-state index < -0.39 is 70.7 Å². The van der Waals surface area contributed by atoms with E-state index in [4.69, 9.17) is 4.65 Å². The Morgan fingerprint density at radius 3 is 1.48 bits per heavy atom. The Hall–Kier alpha value is -2.24. The molecule has 0 aliphatic heterocycles. The Morgan fingerprint density at radius 1 is 0.724 bits per heavy atom. The van der Waals surface area contributed by atoms with Crippen LogP contribution in [0, 0.1) is 23.3 Å². The fourth-order valence-electron chi connectivity index (χ4n) is 2.54. The second-order valence-corrected chi connectivity index (χ2v) is 6.29. The molecule has 0 aliphatic carbocycles. The maximum absolute atomic E-state index is 14.2. The molecule has 0 aliphatic rings. The van der Waals surface area contributed by atoms with E-state index in [1.165, 1.54) is 13.8 Å². The predicted octanol–water partition coefficient (Wildman–Crippen LogP) is 4.81. The van der Waals surface area contributed by atoms with Gasteiger partial charge in [-0.3, -0.25) is 0 Å². The molecule has 1 nitrogen and oxygen atoms in total. The summed E-state index contributed by atoms with van der Waals surface area (Å²) in [6.45, 7) is 0.233. The van der Waals surface area contributed by atoms with Gasteiger partial charge in [0.1, 0.15) is 0 Å². The van der Waals surface area contributed by atoms with Gasteiger partial charge < -0.3 is 4.65 Å². The molecule has 0 bridgehead atoms. The number of rotatable bonds is 4. The Morgan fingerprint density at radius 2 is 1.14 bits per heavy atom. The van der Waals surface area contributed by atoms with Gasteiger partial charge in [0.25, 0.3) is 0 Å². The van der Waals surface area contributed by atoms with Crippen molar-refractivity contribution in [3.63, 3.8) is 0 Å². The number of hydrogen-bond acceptors (Lipinski definition) is 1. The molecule has 0 radical (unpaired) electrons. The van der Waals surface area contributed by atoms with E-state index in [0.29, 0.717) is 0 Å². The number of hydrogen-bond donors (Lipinski definition) is 0. The van der Waals surface area contributed by atoms with Crippen molar-refractivity contribution in [2.24, 2.45) is 0 Å². The molecule has 0 saturated heterocycles. The Kier molecular flexibility index (Phi) is 6.27. The van der Waals surface area contributed by atoms with E-state index in [1.807, 2.05) is 0 Å². The monoisotopic (exact) mass is 432 g/mol. The zero-order chi connectivity index (χ0) is 22.3. The van der Waals surface area contributed by atoms with Crippen LogP contribution >= 0.6 is 0 Å². The molecule has 2 rings (SSSR count). The van der Waals surface area contributed by atoms with Crippen LogP contribution in [0.1, 0.15) is 25.0 Å². The second-order valence-electron chi connectivity index (χ2n) is 6.29. The van der Waals surface area contributed by atoms with Crippen LogP contribution in [0.4, 0.5) is 43.9 Å². The van der Waals surface area contributed by atoms with Crippen LogP contribution in [-0.2, 0) is 17.0 Å². The first-order valence-corrected chi connectivity index (χ1v) is 7.90. The van der Waals surface area contributed by atoms with Crippen LogP contribution in [-0.4, -0.2) is 13.0 Å². The summed E-state index contributed by atoms with van der Waals surface area (Å²) in [6.07, 6.45) is -11.5. The van der Waals surface area contributed by atoms with E-state index in [-0.39, 0.29) is 24.3 Å². The van der Waals surface area contributed by atoms with Gasteiger partial charge in [-0.05, 0) is 25.4 Å². The molecule has 0 heterocycles. The fraction of sp³-hybridized carbons (Fsp3) is 0.294. The zero-order valence-electron chi connectivity index (χ0n) is 14.7. The molecule has 0 aromatic heterocycles. The minimum Gasteiger partial charge on any atom is -0.425 e. The molecule has 0 amide bonds. The highest BCUT2D eigenvalue weighted by atomic mass is 19.4. The first-order valence-electron chi connectivity index (χ1n) is 7.90. The normalized spacial score (nSPS) is 12.6. The third-order valence-electron chi connectivity index (χ3n) is 3.73. The van der Waals surface area contributed by atoms with Crippen LogP contribution in [0.25, 0.3) is 0 Å². The lowest BCUT2D eigenvalue weighted by Crippen LogP contribution is -2.50. The summed E-state index contributed by atoms with van der Waals surface area (Å²) in [5, 5.41) is 0. The van der Waals surface area contributed by atoms with Crippen molar-refractivity contribution in [2.45, 2.75) is 32.3 Å². The summed E-state index contributed by atoms with van der Waals surface area (Å²) in [4.78, 5) is 0. The van der Waals surface area contributed by atoms with Crippen LogP contribution in [0.2, 0.25) is 0 Å². The minimum absolute atomic E-state index is 0.145. The van der Waals surface area contributed by atoms with Crippen molar-refractivity contribution in [1.29, 1.82) is 0 Å². The predicted molar refractivity (Wildman–Crippen MR) is 84.0 cm³/mol. The molecule has 2 aromatic carbocycles. The molecule has 29 heavy (non-hydrogen) atoms. The van der Waals surface area contributed by atoms with Gasteiger partial charge in [0.15, 0.2) is 23.3 Å². The lowest BCUT2D eigenvalue weighted by Gasteiger charge is -2.22. The third-order valence-corrected chi connectivity index (χ3v) is 3.73. The highest BCUT2D eigenvalue weighted by molar-refractivity contribution is 6.80. The largest absolute Gasteiger partial charge is 0.425 e. The highest BCUT2D eigenvalue weighted by Crippen LogP contribution is 2.35. The number of alkyl halides is 6. The van der Waals surface area contributed by atoms with Crippen molar-refractivity contribution in [3.05, 3.63) is 58.7 Å². The number of halogens is 10. The maximum Gasteiger partial charge on any atom is 0.416 e. The van der Waals surface area contributed by atoms with Crippen molar-refractivity contribution >= 4 is 17.8 Å². The summed E-state index contributed by atoms with van der Waals surface area (Å²) < 4.78 is 139. The van der Waals surface area contributed by atoms with Gasteiger partial charge >= 0.3 is 19.3 Å². The van der Waals surface area contributed by atoms with Gasteiger partial charge in [-0.1, -0.05) is 12.1 Å². The molecule has 158 valence electrons. The topological polar surface area (TPSA) is 9.23 Å². The number of benzene rings is 2. The summed E-state index contributed by atoms with van der Waals surface area (Å²) in [7, 11) is 0. The first-order chi connectivity index (χ1) is 13.1. The maximum atomic E-state index is 14.2. The van der Waals surface area contributed by atoms with E-state index in [0.717, 1.165) is 0 Å².